The molecule has 17 heavy (non-hydrogen) atoms. The zero-order chi connectivity index (χ0) is 13.2. The van der Waals surface area contributed by atoms with Gasteiger partial charge in [-0.3, -0.25) is 4.79 Å². The summed E-state index contributed by atoms with van der Waals surface area (Å²) in [6, 6.07) is 5.47. The average Bonchev–Trinajstić information content (AvgIpc) is 2.18. The summed E-state index contributed by atoms with van der Waals surface area (Å²) in [6.07, 6.45) is 0. The van der Waals surface area contributed by atoms with Crippen molar-refractivity contribution in [2.24, 2.45) is 0 Å². The molecule has 94 valence electrons. The lowest BCUT2D eigenvalue weighted by Crippen LogP contribution is -2.26. The maximum absolute atomic E-state index is 11.9. The van der Waals surface area contributed by atoms with Gasteiger partial charge in [-0.25, -0.2) is 0 Å². The van der Waals surface area contributed by atoms with E-state index in [1.165, 1.54) is 0 Å². The van der Waals surface area contributed by atoms with Crippen molar-refractivity contribution in [1.82, 2.24) is 0 Å². The Labute approximate surface area is 110 Å². The van der Waals surface area contributed by atoms with Crippen molar-refractivity contribution in [3.63, 3.8) is 0 Å². The normalized spacial score (nSPS) is 13.2. The molecule has 1 aromatic carbocycles. The largest absolute Gasteiger partial charge is 0.460 e. The van der Waals surface area contributed by atoms with Gasteiger partial charge in [0.05, 0.1) is 5.92 Å². The Bertz CT molecular complexity index is 424. The van der Waals surface area contributed by atoms with E-state index < -0.39 is 5.60 Å². The molecule has 0 amide bonds. The van der Waals surface area contributed by atoms with E-state index in [0.29, 0.717) is 5.69 Å². The summed E-state index contributed by atoms with van der Waals surface area (Å²) < 4.78 is 6.14. The molecule has 1 atom stereocenters. The molecule has 0 aliphatic carbocycles. The van der Waals surface area contributed by atoms with Crippen LogP contribution in [0.4, 0.5) is 5.69 Å². The van der Waals surface area contributed by atoms with Crippen LogP contribution in [0.2, 0.25) is 0 Å². The number of esters is 1. The van der Waals surface area contributed by atoms with Gasteiger partial charge in [0.2, 0.25) is 0 Å². The summed E-state index contributed by atoms with van der Waals surface area (Å²) >= 11 is 3.35. The summed E-state index contributed by atoms with van der Waals surface area (Å²) in [6.45, 7) is 7.40. The van der Waals surface area contributed by atoms with Crippen LogP contribution in [0.3, 0.4) is 0 Å². The van der Waals surface area contributed by atoms with Gasteiger partial charge >= 0.3 is 5.97 Å². The first-order valence-electron chi connectivity index (χ1n) is 5.48. The predicted octanol–water partition coefficient (Wildman–Crippen LogP) is 3.48. The van der Waals surface area contributed by atoms with E-state index in [2.05, 4.69) is 15.9 Å². The first-order chi connectivity index (χ1) is 7.70. The summed E-state index contributed by atoms with van der Waals surface area (Å²) in [7, 11) is 0. The third-order valence-electron chi connectivity index (χ3n) is 2.28. The minimum atomic E-state index is -0.462. The number of nitrogens with two attached hydrogens (primary N) is 1. The summed E-state index contributed by atoms with van der Waals surface area (Å²) in [5.41, 5.74) is 6.79. The average molecular weight is 300 g/mol. The zero-order valence-electron chi connectivity index (χ0n) is 10.6. The van der Waals surface area contributed by atoms with E-state index in [1.54, 1.807) is 6.07 Å². The Morgan fingerprint density at radius 3 is 2.47 bits per heavy atom. The van der Waals surface area contributed by atoms with Crippen LogP contribution in [0.5, 0.6) is 0 Å². The van der Waals surface area contributed by atoms with E-state index >= 15 is 0 Å². The Hall–Kier alpha value is -1.03. The number of anilines is 1. The standard InChI is InChI=1S/C13H18BrNO2/c1-8(12(16)17-13(2,3)4)9-5-6-11(15)10(14)7-9/h5-8H,15H2,1-4H3. The third-order valence-corrected chi connectivity index (χ3v) is 2.97. The van der Waals surface area contributed by atoms with Gasteiger partial charge < -0.3 is 10.5 Å². The molecule has 4 heteroatoms. The van der Waals surface area contributed by atoms with Gasteiger partial charge in [-0.1, -0.05) is 6.07 Å². The maximum Gasteiger partial charge on any atom is 0.313 e. The molecule has 0 bridgehead atoms. The smallest absolute Gasteiger partial charge is 0.313 e. The van der Waals surface area contributed by atoms with E-state index in [1.807, 2.05) is 39.8 Å². The van der Waals surface area contributed by atoms with Gasteiger partial charge in [-0.15, -0.1) is 0 Å². The van der Waals surface area contributed by atoms with Crippen LogP contribution in [-0.4, -0.2) is 11.6 Å². The van der Waals surface area contributed by atoms with Gasteiger partial charge in [0, 0.05) is 10.2 Å². The summed E-state index contributed by atoms with van der Waals surface area (Å²) in [5.74, 6) is -0.528. The molecule has 3 nitrogen and oxygen atoms in total. The monoisotopic (exact) mass is 299 g/mol. The highest BCUT2D eigenvalue weighted by atomic mass is 79.9. The van der Waals surface area contributed by atoms with Crippen molar-refractivity contribution in [2.45, 2.75) is 39.2 Å². The SMILES string of the molecule is CC(C(=O)OC(C)(C)C)c1ccc(N)c(Br)c1. The van der Waals surface area contributed by atoms with Crippen LogP contribution < -0.4 is 5.73 Å². The van der Waals surface area contributed by atoms with Gasteiger partial charge in [0.1, 0.15) is 5.60 Å². The molecule has 2 N–H and O–H groups in total. The van der Waals surface area contributed by atoms with E-state index in [0.717, 1.165) is 10.0 Å². The van der Waals surface area contributed by atoms with Crippen LogP contribution in [0.1, 0.15) is 39.2 Å². The number of rotatable bonds is 2. The molecule has 1 aromatic rings. The minimum absolute atomic E-state index is 0.228. The second kappa shape index (κ2) is 5.08. The fourth-order valence-electron chi connectivity index (χ4n) is 1.34. The Kier molecular flexibility index (Phi) is 4.20. The quantitative estimate of drug-likeness (QED) is 0.672. The lowest BCUT2D eigenvalue weighted by molar-refractivity contribution is -0.156. The molecular weight excluding hydrogens is 282 g/mol. The molecule has 0 fully saturated rings. The molecule has 1 unspecified atom stereocenters. The molecule has 0 aromatic heterocycles. The third kappa shape index (κ3) is 4.04. The molecule has 0 aliphatic heterocycles. The molecule has 0 heterocycles. The van der Waals surface area contributed by atoms with Gasteiger partial charge in [-0.05, 0) is 61.3 Å². The lowest BCUT2D eigenvalue weighted by Gasteiger charge is -2.22. The second-order valence-corrected chi connectivity index (χ2v) is 5.89. The van der Waals surface area contributed by atoms with Crippen LogP contribution in [0.25, 0.3) is 0 Å². The topological polar surface area (TPSA) is 52.3 Å². The predicted molar refractivity (Wildman–Crippen MR) is 72.8 cm³/mol. The highest BCUT2D eigenvalue weighted by Gasteiger charge is 2.23. The van der Waals surface area contributed by atoms with Crippen molar-refractivity contribution < 1.29 is 9.53 Å². The van der Waals surface area contributed by atoms with Crippen LogP contribution in [-0.2, 0) is 9.53 Å². The first-order valence-corrected chi connectivity index (χ1v) is 6.28. The molecule has 0 saturated carbocycles. The molecule has 1 rings (SSSR count). The number of hydrogen-bond acceptors (Lipinski definition) is 3. The molecule has 0 aliphatic rings. The summed E-state index contributed by atoms with van der Waals surface area (Å²) in [5, 5.41) is 0. The number of carbonyl (C=O) groups is 1. The fourth-order valence-corrected chi connectivity index (χ4v) is 1.74. The number of carbonyl (C=O) groups excluding carboxylic acids is 1. The minimum Gasteiger partial charge on any atom is -0.460 e. The van der Waals surface area contributed by atoms with E-state index in [-0.39, 0.29) is 11.9 Å². The number of benzene rings is 1. The fraction of sp³-hybridized carbons (Fsp3) is 0.462. The lowest BCUT2D eigenvalue weighted by atomic mass is 10.0. The van der Waals surface area contributed by atoms with Gasteiger partial charge in [0.15, 0.2) is 0 Å². The highest BCUT2D eigenvalue weighted by molar-refractivity contribution is 9.10. The van der Waals surface area contributed by atoms with Crippen LogP contribution in [0.15, 0.2) is 22.7 Å². The van der Waals surface area contributed by atoms with Crippen molar-refractivity contribution in [2.75, 3.05) is 5.73 Å². The number of halogens is 1. The van der Waals surface area contributed by atoms with Crippen molar-refractivity contribution in [1.29, 1.82) is 0 Å². The van der Waals surface area contributed by atoms with Crippen molar-refractivity contribution in [3.05, 3.63) is 28.2 Å². The Morgan fingerprint density at radius 1 is 1.41 bits per heavy atom. The first kappa shape index (κ1) is 14.0. The summed E-state index contributed by atoms with van der Waals surface area (Å²) in [4.78, 5) is 11.9. The van der Waals surface area contributed by atoms with E-state index in [4.69, 9.17) is 10.5 Å². The maximum atomic E-state index is 11.9. The van der Waals surface area contributed by atoms with E-state index in [9.17, 15) is 4.79 Å². The van der Waals surface area contributed by atoms with Gasteiger partial charge in [0.25, 0.3) is 0 Å². The molecular formula is C13H18BrNO2. The number of nitrogen functional groups attached to an aromatic ring is 1. The van der Waals surface area contributed by atoms with Crippen molar-refractivity contribution in [3.8, 4) is 0 Å². The zero-order valence-corrected chi connectivity index (χ0v) is 12.2. The molecule has 0 saturated heterocycles. The number of hydrogen-bond donors (Lipinski definition) is 1. The van der Waals surface area contributed by atoms with Crippen LogP contribution >= 0.6 is 15.9 Å². The second-order valence-electron chi connectivity index (χ2n) is 5.04. The van der Waals surface area contributed by atoms with Gasteiger partial charge in [-0.2, -0.15) is 0 Å². The van der Waals surface area contributed by atoms with Crippen molar-refractivity contribution >= 4 is 27.6 Å². The highest BCUT2D eigenvalue weighted by Crippen LogP contribution is 2.26. The molecule has 0 radical (unpaired) electrons. The molecule has 0 spiro atoms. The Morgan fingerprint density at radius 2 is 2.00 bits per heavy atom. The Balaban J connectivity index is 2.85. The van der Waals surface area contributed by atoms with Crippen LogP contribution in [0, 0.1) is 0 Å². The number of ether oxygens (including phenoxy) is 1.